The van der Waals surface area contributed by atoms with Gasteiger partial charge < -0.3 is 33.8 Å². The van der Waals surface area contributed by atoms with Crippen LogP contribution in [-0.2, 0) is 65.4 Å². The fourth-order valence-corrected chi connectivity index (χ4v) is 14.4. The summed E-state index contributed by atoms with van der Waals surface area (Å²) in [7, 11) is -9.92. The zero-order valence-electron chi connectivity index (χ0n) is 65.9. The Labute approximate surface area is 619 Å². The van der Waals surface area contributed by atoms with Gasteiger partial charge in [-0.2, -0.15) is 0 Å². The van der Waals surface area contributed by atoms with E-state index in [4.69, 9.17) is 37.0 Å². The second-order valence-corrected chi connectivity index (χ2v) is 32.4. The van der Waals surface area contributed by atoms with Crippen LogP contribution in [-0.4, -0.2) is 96.7 Å². The smallest absolute Gasteiger partial charge is 0.462 e. The molecule has 0 rings (SSSR count). The number of carbonyl (C=O) groups is 4. The first-order valence-electron chi connectivity index (χ1n) is 42.8. The van der Waals surface area contributed by atoms with Gasteiger partial charge in [-0.15, -0.1) is 0 Å². The summed E-state index contributed by atoms with van der Waals surface area (Å²) in [4.78, 5) is 73.1. The average Bonchev–Trinajstić information content (AvgIpc) is 1.02. The van der Waals surface area contributed by atoms with Crippen LogP contribution in [0.5, 0.6) is 0 Å². The second kappa shape index (κ2) is 76.3. The van der Waals surface area contributed by atoms with E-state index >= 15 is 0 Å². The summed E-state index contributed by atoms with van der Waals surface area (Å²) in [6.07, 6.45) is 69.3. The first-order chi connectivity index (χ1) is 49.2. The van der Waals surface area contributed by atoms with Gasteiger partial charge in [-0.3, -0.25) is 37.3 Å². The molecular formula is C82H160O17P2. The molecule has 0 aromatic carbocycles. The molecule has 17 nitrogen and oxygen atoms in total. The Balaban J connectivity index is 5.23. The molecule has 0 amide bonds. The number of phosphoric ester groups is 2. The van der Waals surface area contributed by atoms with Crippen molar-refractivity contribution >= 4 is 39.5 Å². The third-order valence-corrected chi connectivity index (χ3v) is 21.3. The molecule has 2 unspecified atom stereocenters. The molecule has 0 heterocycles. The van der Waals surface area contributed by atoms with Gasteiger partial charge in [0.2, 0.25) is 0 Å². The van der Waals surface area contributed by atoms with Crippen LogP contribution in [0.1, 0.15) is 445 Å². The highest BCUT2D eigenvalue weighted by molar-refractivity contribution is 7.47. The number of rotatable bonds is 83. The van der Waals surface area contributed by atoms with Crippen molar-refractivity contribution in [1.29, 1.82) is 0 Å². The maximum Gasteiger partial charge on any atom is 0.472 e. The number of aliphatic hydroxyl groups is 1. The summed E-state index contributed by atoms with van der Waals surface area (Å²) in [5.41, 5.74) is 0. The van der Waals surface area contributed by atoms with Crippen LogP contribution in [0, 0.1) is 0 Å². The molecule has 101 heavy (non-hydrogen) atoms. The number of phosphoric acid groups is 2. The predicted molar refractivity (Wildman–Crippen MR) is 414 cm³/mol. The molecule has 0 aliphatic heterocycles. The van der Waals surface area contributed by atoms with Gasteiger partial charge in [-0.05, 0) is 25.7 Å². The maximum atomic E-state index is 13.1. The van der Waals surface area contributed by atoms with Crippen molar-refractivity contribution in [3.8, 4) is 0 Å². The van der Waals surface area contributed by atoms with Crippen molar-refractivity contribution in [1.82, 2.24) is 0 Å². The van der Waals surface area contributed by atoms with Crippen molar-refractivity contribution in [2.75, 3.05) is 39.6 Å². The molecule has 0 aromatic heterocycles. The van der Waals surface area contributed by atoms with E-state index in [0.29, 0.717) is 25.7 Å². The molecule has 0 radical (unpaired) electrons. The van der Waals surface area contributed by atoms with Crippen LogP contribution in [0.4, 0.5) is 0 Å². The molecule has 0 saturated carbocycles. The normalized spacial score (nSPS) is 13.8. The molecule has 5 atom stereocenters. The molecule has 3 N–H and O–H groups in total. The Hall–Kier alpha value is -1.94. The lowest BCUT2D eigenvalue weighted by Crippen LogP contribution is -2.30. The summed E-state index contributed by atoms with van der Waals surface area (Å²) < 4.78 is 68.8. The molecule has 19 heteroatoms. The Morgan fingerprint density at radius 1 is 0.238 bits per heavy atom. The molecule has 0 aromatic rings. The van der Waals surface area contributed by atoms with Crippen LogP contribution < -0.4 is 0 Å². The lowest BCUT2D eigenvalue weighted by Gasteiger charge is -2.21. The number of unbranched alkanes of at least 4 members (excludes halogenated alkanes) is 57. The molecule has 0 aliphatic carbocycles. The molecule has 0 bridgehead atoms. The lowest BCUT2D eigenvalue weighted by atomic mass is 10.0. The monoisotopic (exact) mass is 1480 g/mol. The van der Waals surface area contributed by atoms with Crippen LogP contribution in [0.3, 0.4) is 0 Å². The van der Waals surface area contributed by atoms with E-state index < -0.39 is 97.5 Å². The van der Waals surface area contributed by atoms with Crippen molar-refractivity contribution in [2.45, 2.75) is 463 Å². The summed E-state index contributed by atoms with van der Waals surface area (Å²) in [6.45, 7) is 5.03. The van der Waals surface area contributed by atoms with E-state index in [2.05, 4.69) is 27.7 Å². The van der Waals surface area contributed by atoms with Crippen LogP contribution >= 0.6 is 15.6 Å². The topological polar surface area (TPSA) is 237 Å². The lowest BCUT2D eigenvalue weighted by molar-refractivity contribution is -0.161. The number of hydrogen-bond donors (Lipinski definition) is 3. The van der Waals surface area contributed by atoms with Gasteiger partial charge in [-0.1, -0.05) is 394 Å². The predicted octanol–water partition coefficient (Wildman–Crippen LogP) is 25.0. The third-order valence-electron chi connectivity index (χ3n) is 19.4. The Morgan fingerprint density at radius 3 is 0.584 bits per heavy atom. The number of aliphatic hydroxyl groups excluding tert-OH is 1. The Kier molecular flexibility index (Phi) is 74.8. The highest BCUT2D eigenvalue weighted by Gasteiger charge is 2.30. The van der Waals surface area contributed by atoms with Crippen molar-refractivity contribution in [3.05, 3.63) is 0 Å². The van der Waals surface area contributed by atoms with Crippen LogP contribution in [0.2, 0.25) is 0 Å². The molecule has 0 aliphatic rings. The summed E-state index contributed by atoms with van der Waals surface area (Å²) >= 11 is 0. The van der Waals surface area contributed by atoms with Gasteiger partial charge in [-0.25, -0.2) is 9.13 Å². The van der Waals surface area contributed by atoms with Crippen molar-refractivity contribution in [2.24, 2.45) is 0 Å². The first kappa shape index (κ1) is 99.1. The van der Waals surface area contributed by atoms with Gasteiger partial charge >= 0.3 is 39.5 Å². The molecule has 0 spiro atoms. The van der Waals surface area contributed by atoms with Gasteiger partial charge in [0, 0.05) is 25.7 Å². The number of carbonyl (C=O) groups excluding carboxylic acids is 4. The second-order valence-electron chi connectivity index (χ2n) is 29.5. The van der Waals surface area contributed by atoms with E-state index in [1.165, 1.54) is 276 Å². The summed E-state index contributed by atoms with van der Waals surface area (Å²) in [5.74, 6) is -2.10. The minimum absolute atomic E-state index is 0.108. The van der Waals surface area contributed by atoms with Gasteiger partial charge in [0.05, 0.1) is 26.4 Å². The quantitative estimate of drug-likeness (QED) is 0.0222. The summed E-state index contributed by atoms with van der Waals surface area (Å²) in [6, 6.07) is 0. The van der Waals surface area contributed by atoms with E-state index in [9.17, 15) is 43.2 Å². The highest BCUT2D eigenvalue weighted by atomic mass is 31.2. The molecule has 0 fully saturated rings. The largest absolute Gasteiger partial charge is 0.472 e. The Bertz CT molecular complexity index is 1910. The van der Waals surface area contributed by atoms with Gasteiger partial charge in [0.15, 0.2) is 12.2 Å². The molecular weight excluding hydrogens is 1320 g/mol. The molecule has 600 valence electrons. The first-order valence-corrected chi connectivity index (χ1v) is 45.8. The van der Waals surface area contributed by atoms with Gasteiger partial charge in [0.1, 0.15) is 19.3 Å². The van der Waals surface area contributed by atoms with Crippen LogP contribution in [0.25, 0.3) is 0 Å². The SMILES string of the molecule is CCCCCCCCCCCCCCCCCCCCCC(=O)O[C@H](COC(=O)CCCCCCCCCCCCCCCCCCCC)COP(=O)(O)OC[C@@H](O)COP(=O)(O)OC[C@@H](COC(=O)CCCCCCCCCCCCCC)OC(=O)CCCCCCCCCCCCCC. The molecule has 0 saturated heterocycles. The number of ether oxygens (including phenoxy) is 4. The van der Waals surface area contributed by atoms with E-state index in [0.717, 1.165) is 89.9 Å². The Morgan fingerprint density at radius 2 is 0.396 bits per heavy atom. The highest BCUT2D eigenvalue weighted by Crippen LogP contribution is 2.45. The van der Waals surface area contributed by atoms with Crippen molar-refractivity contribution in [3.63, 3.8) is 0 Å². The fraction of sp³-hybridized carbons (Fsp3) is 0.951. The number of hydrogen-bond acceptors (Lipinski definition) is 15. The standard InChI is InChI=1S/C82H160O17P2/c1-5-9-13-17-21-25-29-33-35-37-39-41-43-45-49-53-57-61-65-69-82(87)99-78(73-93-80(85)67-63-59-55-51-48-44-42-40-38-36-34-30-26-22-18-14-10-6-2)75-97-101(90,91)95-71-76(83)70-94-100(88,89)96-74-77(98-81(86)68-64-60-56-52-47-32-28-24-20-16-12-8-4)72-92-79(84)66-62-58-54-50-46-31-27-23-19-15-11-7-3/h76-78,83H,5-75H2,1-4H3,(H,88,89)(H,90,91)/t76-,77+,78+/m0/s1. The zero-order chi connectivity index (χ0) is 73.9. The zero-order valence-corrected chi connectivity index (χ0v) is 67.7. The van der Waals surface area contributed by atoms with E-state index in [-0.39, 0.29) is 25.7 Å². The minimum atomic E-state index is -4.96. The average molecular weight is 1480 g/mol. The van der Waals surface area contributed by atoms with E-state index in [1.54, 1.807) is 0 Å². The fourth-order valence-electron chi connectivity index (χ4n) is 12.8. The third kappa shape index (κ3) is 76.1. The van der Waals surface area contributed by atoms with Crippen molar-refractivity contribution < 1.29 is 80.2 Å². The number of esters is 4. The van der Waals surface area contributed by atoms with Crippen LogP contribution in [0.15, 0.2) is 0 Å². The van der Waals surface area contributed by atoms with Gasteiger partial charge in [0.25, 0.3) is 0 Å². The summed E-state index contributed by atoms with van der Waals surface area (Å²) in [5, 5.41) is 10.6. The van der Waals surface area contributed by atoms with E-state index in [1.807, 2.05) is 0 Å². The maximum absolute atomic E-state index is 13.1. The minimum Gasteiger partial charge on any atom is -0.462 e.